The van der Waals surface area contributed by atoms with Gasteiger partial charge in [0.15, 0.2) is 0 Å². The molecule has 0 aliphatic carbocycles. The Morgan fingerprint density at radius 3 is 2.83 bits per heavy atom. The number of nitrogens with two attached hydrogens (primary N) is 1. The second-order valence-corrected chi connectivity index (χ2v) is 4.07. The third-order valence-electron chi connectivity index (χ3n) is 2.48. The lowest BCUT2D eigenvalue weighted by molar-refractivity contribution is 0.184. The van der Waals surface area contributed by atoms with Crippen LogP contribution in [0.15, 0.2) is 36.5 Å². The minimum Gasteiger partial charge on any atom is -0.439 e. The number of anilines is 1. The topological polar surface area (TPSA) is 57.4 Å². The van der Waals surface area contributed by atoms with Crippen molar-refractivity contribution in [1.82, 2.24) is 4.98 Å². The van der Waals surface area contributed by atoms with Gasteiger partial charge in [-0.15, -0.1) is 0 Å². The van der Waals surface area contributed by atoms with E-state index < -0.39 is 0 Å². The van der Waals surface area contributed by atoms with E-state index in [1.54, 1.807) is 13.3 Å². The fourth-order valence-corrected chi connectivity index (χ4v) is 1.67. The zero-order chi connectivity index (χ0) is 13.0. The molecule has 1 aromatic carbocycles. The van der Waals surface area contributed by atoms with E-state index in [2.05, 4.69) is 4.98 Å². The van der Waals surface area contributed by atoms with Gasteiger partial charge in [0.25, 0.3) is 0 Å². The molecule has 2 rings (SSSR count). The van der Waals surface area contributed by atoms with Crippen molar-refractivity contribution in [2.24, 2.45) is 0 Å². The van der Waals surface area contributed by atoms with E-state index in [4.69, 9.17) is 15.2 Å². The zero-order valence-electron chi connectivity index (χ0n) is 10.5. The number of aromatic nitrogens is 1. The molecule has 94 valence electrons. The Kier molecular flexibility index (Phi) is 3.79. The molecule has 0 amide bonds. The second kappa shape index (κ2) is 5.51. The van der Waals surface area contributed by atoms with E-state index in [0.717, 1.165) is 16.9 Å². The molecule has 1 heterocycles. The molecule has 0 fully saturated rings. The van der Waals surface area contributed by atoms with Crippen molar-refractivity contribution < 1.29 is 9.47 Å². The van der Waals surface area contributed by atoms with Crippen molar-refractivity contribution in [2.75, 3.05) is 12.8 Å². The van der Waals surface area contributed by atoms with Crippen LogP contribution in [-0.2, 0) is 11.3 Å². The minimum absolute atomic E-state index is 0.561. The van der Waals surface area contributed by atoms with Crippen molar-refractivity contribution in [2.45, 2.75) is 13.5 Å². The highest BCUT2D eigenvalue weighted by Crippen LogP contribution is 2.24. The fourth-order valence-electron chi connectivity index (χ4n) is 1.67. The number of nitrogens with zero attached hydrogens (tertiary/aromatic N) is 1. The summed E-state index contributed by atoms with van der Waals surface area (Å²) in [7, 11) is 1.67. The molecule has 0 spiro atoms. The average Bonchev–Trinajstić information content (AvgIpc) is 2.34. The molecule has 0 saturated carbocycles. The van der Waals surface area contributed by atoms with Gasteiger partial charge in [-0.1, -0.05) is 12.1 Å². The fraction of sp³-hybridized carbons (Fsp3) is 0.214. The summed E-state index contributed by atoms with van der Waals surface area (Å²) in [5.41, 5.74) is 8.25. The summed E-state index contributed by atoms with van der Waals surface area (Å²) in [4.78, 5) is 4.17. The highest BCUT2D eigenvalue weighted by molar-refractivity contribution is 5.43. The van der Waals surface area contributed by atoms with E-state index in [1.807, 2.05) is 37.3 Å². The Morgan fingerprint density at radius 2 is 2.11 bits per heavy atom. The molecule has 2 aromatic rings. The molecule has 0 aliphatic heterocycles. The first kappa shape index (κ1) is 12.4. The average molecular weight is 244 g/mol. The standard InChI is InChI=1S/C14H16N2O2/c1-10-6-12(15)8-16-14(10)18-13-5-3-4-11(7-13)9-17-2/h3-8H,9,15H2,1-2H3. The third kappa shape index (κ3) is 2.99. The van der Waals surface area contributed by atoms with Crippen LogP contribution in [-0.4, -0.2) is 12.1 Å². The summed E-state index contributed by atoms with van der Waals surface area (Å²) in [5, 5.41) is 0. The SMILES string of the molecule is COCc1cccc(Oc2ncc(N)cc2C)c1. The van der Waals surface area contributed by atoms with Gasteiger partial charge in [-0.05, 0) is 30.7 Å². The highest BCUT2D eigenvalue weighted by Gasteiger charge is 2.04. The number of methoxy groups -OCH3 is 1. The molecular formula is C14H16N2O2. The summed E-state index contributed by atoms with van der Waals surface area (Å²) in [6.07, 6.45) is 1.58. The van der Waals surface area contributed by atoms with Crippen LogP contribution in [0.1, 0.15) is 11.1 Å². The smallest absolute Gasteiger partial charge is 0.222 e. The van der Waals surface area contributed by atoms with Crippen molar-refractivity contribution in [3.05, 3.63) is 47.7 Å². The van der Waals surface area contributed by atoms with Crippen LogP contribution in [0.5, 0.6) is 11.6 Å². The lowest BCUT2D eigenvalue weighted by Gasteiger charge is -2.09. The molecule has 0 saturated heterocycles. The Hall–Kier alpha value is -2.07. The number of rotatable bonds is 4. The zero-order valence-corrected chi connectivity index (χ0v) is 10.5. The van der Waals surface area contributed by atoms with Gasteiger partial charge in [-0.2, -0.15) is 0 Å². The number of hydrogen-bond acceptors (Lipinski definition) is 4. The van der Waals surface area contributed by atoms with Gasteiger partial charge in [-0.3, -0.25) is 0 Å². The lowest BCUT2D eigenvalue weighted by Crippen LogP contribution is -1.95. The second-order valence-electron chi connectivity index (χ2n) is 4.07. The maximum atomic E-state index is 5.73. The van der Waals surface area contributed by atoms with Crippen molar-refractivity contribution in [3.8, 4) is 11.6 Å². The monoisotopic (exact) mass is 244 g/mol. The molecular weight excluding hydrogens is 228 g/mol. The molecule has 0 radical (unpaired) electrons. The predicted octanol–water partition coefficient (Wildman–Crippen LogP) is 2.91. The molecule has 0 bridgehead atoms. The number of benzene rings is 1. The first-order valence-corrected chi connectivity index (χ1v) is 5.67. The van der Waals surface area contributed by atoms with E-state index >= 15 is 0 Å². The van der Waals surface area contributed by atoms with Crippen LogP contribution in [0.25, 0.3) is 0 Å². The quantitative estimate of drug-likeness (QED) is 0.898. The van der Waals surface area contributed by atoms with Crippen molar-refractivity contribution in [3.63, 3.8) is 0 Å². The lowest BCUT2D eigenvalue weighted by atomic mass is 10.2. The summed E-state index contributed by atoms with van der Waals surface area (Å²) < 4.78 is 10.8. The molecule has 18 heavy (non-hydrogen) atoms. The normalized spacial score (nSPS) is 10.3. The Balaban J connectivity index is 2.20. The van der Waals surface area contributed by atoms with E-state index in [9.17, 15) is 0 Å². The molecule has 1 aromatic heterocycles. The molecule has 2 N–H and O–H groups in total. The molecule has 4 nitrogen and oxygen atoms in total. The van der Waals surface area contributed by atoms with Gasteiger partial charge >= 0.3 is 0 Å². The highest BCUT2D eigenvalue weighted by atomic mass is 16.5. The molecule has 0 unspecified atom stereocenters. The van der Waals surface area contributed by atoms with Crippen LogP contribution in [0.3, 0.4) is 0 Å². The molecule has 0 atom stereocenters. The first-order chi connectivity index (χ1) is 8.69. The maximum absolute atomic E-state index is 5.73. The van der Waals surface area contributed by atoms with Gasteiger partial charge in [0.1, 0.15) is 5.75 Å². The number of ether oxygens (including phenoxy) is 2. The largest absolute Gasteiger partial charge is 0.439 e. The number of nitrogen functional groups attached to an aromatic ring is 1. The van der Waals surface area contributed by atoms with Gasteiger partial charge in [0.2, 0.25) is 5.88 Å². The Morgan fingerprint density at radius 1 is 1.28 bits per heavy atom. The van der Waals surface area contributed by atoms with Gasteiger partial charge in [0, 0.05) is 12.7 Å². The predicted molar refractivity (Wildman–Crippen MR) is 70.6 cm³/mol. The van der Waals surface area contributed by atoms with Crippen LogP contribution >= 0.6 is 0 Å². The summed E-state index contributed by atoms with van der Waals surface area (Å²) in [5.74, 6) is 1.31. The summed E-state index contributed by atoms with van der Waals surface area (Å²) in [6, 6.07) is 9.56. The van der Waals surface area contributed by atoms with Crippen LogP contribution in [0.4, 0.5) is 5.69 Å². The minimum atomic E-state index is 0.561. The van der Waals surface area contributed by atoms with Gasteiger partial charge in [-0.25, -0.2) is 4.98 Å². The van der Waals surface area contributed by atoms with Gasteiger partial charge < -0.3 is 15.2 Å². The van der Waals surface area contributed by atoms with Gasteiger partial charge in [0.05, 0.1) is 18.5 Å². The number of pyridine rings is 1. The third-order valence-corrected chi connectivity index (χ3v) is 2.48. The van der Waals surface area contributed by atoms with Crippen LogP contribution < -0.4 is 10.5 Å². The van der Waals surface area contributed by atoms with Crippen LogP contribution in [0.2, 0.25) is 0 Å². The van der Waals surface area contributed by atoms with Crippen LogP contribution in [0, 0.1) is 6.92 Å². The summed E-state index contributed by atoms with van der Waals surface area (Å²) in [6.45, 7) is 2.48. The molecule has 0 aliphatic rings. The number of hydrogen-bond donors (Lipinski definition) is 1. The Labute approximate surface area is 106 Å². The summed E-state index contributed by atoms with van der Waals surface area (Å²) >= 11 is 0. The van der Waals surface area contributed by atoms with Crippen molar-refractivity contribution in [1.29, 1.82) is 0 Å². The van der Waals surface area contributed by atoms with E-state index in [-0.39, 0.29) is 0 Å². The Bertz CT molecular complexity index is 541. The van der Waals surface area contributed by atoms with E-state index in [1.165, 1.54) is 0 Å². The number of aryl methyl sites for hydroxylation is 1. The molecule has 4 heteroatoms. The van der Waals surface area contributed by atoms with E-state index in [0.29, 0.717) is 18.2 Å². The first-order valence-electron chi connectivity index (χ1n) is 5.67. The van der Waals surface area contributed by atoms with Crippen molar-refractivity contribution >= 4 is 5.69 Å². The maximum Gasteiger partial charge on any atom is 0.222 e.